The van der Waals surface area contributed by atoms with Crippen molar-refractivity contribution in [1.29, 1.82) is 0 Å². The highest BCUT2D eigenvalue weighted by atomic mass is 32.1. The molecule has 2 heterocycles. The lowest BCUT2D eigenvalue weighted by molar-refractivity contribution is -0.123. The number of nitrogen functional groups attached to an aromatic ring is 1. The molecule has 0 fully saturated rings. The second-order valence-corrected chi connectivity index (χ2v) is 9.21. The Labute approximate surface area is 224 Å². The molecule has 0 spiro atoms. The van der Waals surface area contributed by atoms with Crippen LogP contribution in [0.25, 0.3) is 10.4 Å². The van der Waals surface area contributed by atoms with Gasteiger partial charge in [-0.3, -0.25) is 14.6 Å². The van der Waals surface area contributed by atoms with E-state index >= 15 is 0 Å². The molecule has 0 aliphatic rings. The van der Waals surface area contributed by atoms with Gasteiger partial charge < -0.3 is 26.4 Å². The third kappa shape index (κ3) is 6.74. The Morgan fingerprint density at radius 2 is 1.87 bits per heavy atom. The zero-order valence-electron chi connectivity index (χ0n) is 20.6. The summed E-state index contributed by atoms with van der Waals surface area (Å²) in [6.45, 7) is 2.17. The van der Waals surface area contributed by atoms with Crippen molar-refractivity contribution in [2.24, 2.45) is 0 Å². The van der Waals surface area contributed by atoms with Gasteiger partial charge in [0.1, 0.15) is 12.6 Å². The zero-order valence-corrected chi connectivity index (χ0v) is 21.5. The van der Waals surface area contributed by atoms with Gasteiger partial charge in [-0.15, -0.1) is 11.3 Å². The fourth-order valence-corrected chi connectivity index (χ4v) is 4.37. The topological polar surface area (TPSA) is 135 Å². The number of rotatable bonds is 9. The molecule has 194 valence electrons. The number of likely N-dealkylation sites (N-methyl/N-ethyl adjacent to an activating group) is 1. The van der Waals surface area contributed by atoms with Gasteiger partial charge in [0.25, 0.3) is 5.91 Å². The molecule has 38 heavy (non-hydrogen) atoms. The second kappa shape index (κ2) is 12.5. The quantitative estimate of drug-likeness (QED) is 0.231. The number of amides is 3. The average Bonchev–Trinajstić information content (AvgIpc) is 3.48. The number of carbonyl (C=O) groups is 3. The Bertz CT molecular complexity index is 1390. The molecule has 0 saturated carbocycles. The Hall–Kier alpha value is -4.70. The lowest BCUT2D eigenvalue weighted by Crippen LogP contribution is -2.40. The van der Waals surface area contributed by atoms with Gasteiger partial charge in [0, 0.05) is 34.9 Å². The normalized spacial score (nSPS) is 11.3. The number of carbonyl (C=O) groups excluding carboxylic acids is 3. The van der Waals surface area contributed by atoms with E-state index in [1.165, 1.54) is 0 Å². The third-order valence-electron chi connectivity index (χ3n) is 5.58. The third-order valence-corrected chi connectivity index (χ3v) is 6.50. The molecule has 1 unspecified atom stereocenters. The summed E-state index contributed by atoms with van der Waals surface area (Å²) < 4.78 is 5.24. The van der Waals surface area contributed by atoms with Gasteiger partial charge in [-0.2, -0.15) is 0 Å². The first kappa shape index (κ1) is 26.4. The fraction of sp³-hybridized carbons (Fsp3) is 0.143. The number of nitrogens with two attached hydrogens (primary N) is 1. The summed E-state index contributed by atoms with van der Waals surface area (Å²) >= 11 is 1.59. The number of nitrogens with zero attached hydrogens (tertiary/aromatic N) is 1. The minimum Gasteiger partial charge on any atom is -0.445 e. The molecule has 0 aliphatic heterocycles. The lowest BCUT2D eigenvalue weighted by atomic mass is 10.0. The highest BCUT2D eigenvalue weighted by Crippen LogP contribution is 2.30. The Balaban J connectivity index is 1.45. The molecular formula is C28H27N5O4S. The molecule has 5 N–H and O–H groups in total. The lowest BCUT2D eigenvalue weighted by Gasteiger charge is -2.19. The van der Waals surface area contributed by atoms with E-state index in [2.05, 4.69) is 20.9 Å². The number of aromatic nitrogens is 1. The number of hydrogen-bond donors (Lipinski definition) is 4. The van der Waals surface area contributed by atoms with Crippen molar-refractivity contribution in [3.05, 3.63) is 101 Å². The summed E-state index contributed by atoms with van der Waals surface area (Å²) in [7, 11) is 0. The summed E-state index contributed by atoms with van der Waals surface area (Å²) in [6, 6.07) is 18.3. The average molecular weight is 530 g/mol. The Morgan fingerprint density at radius 1 is 1.05 bits per heavy atom. The van der Waals surface area contributed by atoms with Crippen LogP contribution in [-0.2, 0) is 16.1 Å². The SMILES string of the molecule is CCNC(=O)C(NC(=O)OCc1cccnc1)c1ccc(C(=O)Nc2cc(-c3cccs3)ccc2N)cc1. The first-order valence-corrected chi connectivity index (χ1v) is 12.8. The maximum absolute atomic E-state index is 12.9. The minimum absolute atomic E-state index is 0.0116. The molecule has 4 aromatic rings. The van der Waals surface area contributed by atoms with E-state index in [4.69, 9.17) is 10.5 Å². The van der Waals surface area contributed by atoms with Crippen LogP contribution in [0.5, 0.6) is 0 Å². The summed E-state index contributed by atoms with van der Waals surface area (Å²) in [5, 5.41) is 10.1. The predicted octanol–water partition coefficient (Wildman–Crippen LogP) is 4.75. The maximum atomic E-state index is 12.9. The number of thiophene rings is 1. The van der Waals surface area contributed by atoms with Crippen LogP contribution in [-0.4, -0.2) is 29.4 Å². The molecule has 0 saturated heterocycles. The number of hydrogen-bond acceptors (Lipinski definition) is 7. The number of nitrogens with one attached hydrogen (secondary N) is 3. The molecule has 0 bridgehead atoms. The van der Waals surface area contributed by atoms with Gasteiger partial charge >= 0.3 is 6.09 Å². The van der Waals surface area contributed by atoms with Gasteiger partial charge in [0.05, 0.1) is 11.4 Å². The van der Waals surface area contributed by atoms with E-state index in [1.807, 2.05) is 29.6 Å². The van der Waals surface area contributed by atoms with Crippen LogP contribution in [0, 0.1) is 0 Å². The highest BCUT2D eigenvalue weighted by molar-refractivity contribution is 7.13. The molecule has 0 aliphatic carbocycles. The van der Waals surface area contributed by atoms with Crippen molar-refractivity contribution < 1.29 is 19.1 Å². The molecule has 0 radical (unpaired) electrons. The van der Waals surface area contributed by atoms with Gasteiger partial charge in [-0.05, 0) is 59.8 Å². The van der Waals surface area contributed by atoms with Crippen LogP contribution in [0.2, 0.25) is 0 Å². The van der Waals surface area contributed by atoms with Crippen molar-refractivity contribution in [3.8, 4) is 10.4 Å². The zero-order chi connectivity index (χ0) is 26.9. The Kier molecular flexibility index (Phi) is 8.68. The van der Waals surface area contributed by atoms with E-state index in [-0.39, 0.29) is 12.5 Å². The van der Waals surface area contributed by atoms with Crippen molar-refractivity contribution in [3.63, 3.8) is 0 Å². The van der Waals surface area contributed by atoms with E-state index in [9.17, 15) is 14.4 Å². The molecule has 2 aromatic carbocycles. The number of ether oxygens (including phenoxy) is 1. The monoisotopic (exact) mass is 529 g/mol. The van der Waals surface area contributed by atoms with E-state index in [0.717, 1.165) is 10.4 Å². The standard InChI is InChI=1S/C28H27N5O4S/c1-2-31-27(35)25(33-28(36)37-17-18-5-3-13-30-16-18)19-7-9-20(10-8-19)26(34)32-23-15-21(11-12-22(23)29)24-6-4-14-38-24/h3-16,25H,2,17,29H2,1H3,(H,31,35)(H,32,34)(H,33,36). The highest BCUT2D eigenvalue weighted by Gasteiger charge is 2.23. The van der Waals surface area contributed by atoms with Gasteiger partial charge in [0.15, 0.2) is 0 Å². The van der Waals surface area contributed by atoms with Crippen molar-refractivity contribution in [2.75, 3.05) is 17.6 Å². The van der Waals surface area contributed by atoms with E-state index in [0.29, 0.717) is 34.6 Å². The Morgan fingerprint density at radius 3 is 2.55 bits per heavy atom. The molecule has 3 amide bonds. The van der Waals surface area contributed by atoms with E-state index < -0.39 is 18.0 Å². The molecule has 9 nitrogen and oxygen atoms in total. The van der Waals surface area contributed by atoms with E-state index in [1.54, 1.807) is 73.1 Å². The fourth-order valence-electron chi connectivity index (χ4n) is 3.65. The number of benzene rings is 2. The largest absolute Gasteiger partial charge is 0.445 e. The van der Waals surface area contributed by atoms with Crippen LogP contribution in [0.3, 0.4) is 0 Å². The summed E-state index contributed by atoms with van der Waals surface area (Å²) in [4.78, 5) is 43.1. The number of pyridine rings is 1. The van der Waals surface area contributed by atoms with Gasteiger partial charge in [-0.1, -0.05) is 30.3 Å². The molecule has 4 rings (SSSR count). The van der Waals surface area contributed by atoms with Crippen LogP contribution >= 0.6 is 11.3 Å². The molecule has 10 heteroatoms. The van der Waals surface area contributed by atoms with Crippen LogP contribution in [0.4, 0.5) is 16.2 Å². The van der Waals surface area contributed by atoms with Crippen LogP contribution in [0.15, 0.2) is 84.5 Å². The van der Waals surface area contributed by atoms with Crippen LogP contribution in [0.1, 0.15) is 34.5 Å². The first-order valence-electron chi connectivity index (χ1n) is 11.9. The first-order chi connectivity index (χ1) is 18.4. The maximum Gasteiger partial charge on any atom is 0.408 e. The molecule has 2 aromatic heterocycles. The summed E-state index contributed by atoms with van der Waals surface area (Å²) in [5.74, 6) is -0.758. The predicted molar refractivity (Wildman–Crippen MR) is 148 cm³/mol. The van der Waals surface area contributed by atoms with Gasteiger partial charge in [0.2, 0.25) is 5.91 Å². The molecule has 1 atom stereocenters. The smallest absolute Gasteiger partial charge is 0.408 e. The number of anilines is 2. The summed E-state index contributed by atoms with van der Waals surface area (Å²) in [5.41, 5.74) is 9.56. The van der Waals surface area contributed by atoms with Crippen LogP contribution < -0.4 is 21.7 Å². The van der Waals surface area contributed by atoms with Gasteiger partial charge in [-0.25, -0.2) is 4.79 Å². The van der Waals surface area contributed by atoms with Crippen molar-refractivity contribution >= 4 is 40.6 Å². The molecular weight excluding hydrogens is 502 g/mol. The minimum atomic E-state index is -1.01. The number of alkyl carbamates (subject to hydrolysis) is 1. The summed E-state index contributed by atoms with van der Waals surface area (Å²) in [6.07, 6.45) is 2.45. The van der Waals surface area contributed by atoms with Crippen molar-refractivity contribution in [2.45, 2.75) is 19.6 Å². The van der Waals surface area contributed by atoms with Crippen molar-refractivity contribution in [1.82, 2.24) is 15.6 Å². The second-order valence-electron chi connectivity index (χ2n) is 8.26.